The summed E-state index contributed by atoms with van der Waals surface area (Å²) in [6, 6.07) is 21.6. The average molecular weight is 438 g/mol. The normalized spacial score (nSPS) is 11.1. The van der Waals surface area contributed by atoms with Gasteiger partial charge in [0.15, 0.2) is 5.69 Å². The number of para-hydroxylation sites is 1. The third kappa shape index (κ3) is 4.25. The Bertz CT molecular complexity index is 1460. The molecule has 3 aromatic carbocycles. The molecule has 0 fully saturated rings. The first kappa shape index (κ1) is 20.6. The highest BCUT2D eigenvalue weighted by molar-refractivity contribution is 5.95. The first-order valence-electron chi connectivity index (χ1n) is 10.7. The lowest BCUT2D eigenvalue weighted by atomic mass is 10.1. The Hall–Kier alpha value is -4.26. The molecule has 0 saturated heterocycles. The highest BCUT2D eigenvalue weighted by Gasteiger charge is 2.20. The van der Waals surface area contributed by atoms with Gasteiger partial charge in [0.2, 0.25) is 11.7 Å². The number of nitrogens with one attached hydrogen (secondary N) is 1. The highest BCUT2D eigenvalue weighted by atomic mass is 16.5. The number of nitrogens with zero attached hydrogens (tertiary/aromatic N) is 4. The Labute approximate surface area is 191 Å². The molecule has 1 amide bonds. The molecule has 2 heterocycles. The largest absolute Gasteiger partial charge is 0.332 e. The molecule has 0 spiro atoms. The fourth-order valence-corrected chi connectivity index (χ4v) is 4.01. The summed E-state index contributed by atoms with van der Waals surface area (Å²) in [6.45, 7) is 6.09. The van der Waals surface area contributed by atoms with Crippen LogP contribution in [0, 0.1) is 20.8 Å². The number of aromatic nitrogens is 4. The molecule has 7 heteroatoms. The molecule has 2 aromatic heterocycles. The number of carbonyl (C=O) groups excluding carboxylic acids is 1. The third-order valence-electron chi connectivity index (χ3n) is 5.36. The Kier molecular flexibility index (Phi) is 5.22. The number of hydrogen-bond acceptors (Lipinski definition) is 5. The van der Waals surface area contributed by atoms with E-state index in [4.69, 9.17) is 4.52 Å². The van der Waals surface area contributed by atoms with Crippen molar-refractivity contribution in [2.24, 2.45) is 0 Å². The van der Waals surface area contributed by atoms with Gasteiger partial charge in [0.1, 0.15) is 6.54 Å². The van der Waals surface area contributed by atoms with Crippen molar-refractivity contribution in [2.45, 2.75) is 27.3 Å². The van der Waals surface area contributed by atoms with E-state index in [1.165, 1.54) is 0 Å². The molecule has 0 radical (unpaired) electrons. The predicted octanol–water partition coefficient (Wildman–Crippen LogP) is 5.32. The van der Waals surface area contributed by atoms with Crippen LogP contribution in [0.15, 0.2) is 71.3 Å². The number of anilines is 1. The number of amides is 1. The van der Waals surface area contributed by atoms with Crippen molar-refractivity contribution in [3.63, 3.8) is 0 Å². The van der Waals surface area contributed by atoms with Gasteiger partial charge in [-0.1, -0.05) is 53.2 Å². The van der Waals surface area contributed by atoms with Crippen molar-refractivity contribution in [3.05, 3.63) is 83.4 Å². The first-order valence-corrected chi connectivity index (χ1v) is 10.7. The maximum absolute atomic E-state index is 12.8. The lowest BCUT2D eigenvalue weighted by molar-refractivity contribution is -0.116. The van der Waals surface area contributed by atoms with Crippen LogP contribution in [0.25, 0.3) is 33.9 Å². The molecule has 0 aliphatic carbocycles. The molecular weight excluding hydrogens is 414 g/mol. The zero-order valence-corrected chi connectivity index (χ0v) is 18.7. The fraction of sp³-hybridized carbons (Fsp3) is 0.154. The van der Waals surface area contributed by atoms with Gasteiger partial charge in [-0.2, -0.15) is 10.1 Å². The Morgan fingerprint density at radius 3 is 2.52 bits per heavy atom. The molecule has 0 aliphatic heterocycles. The highest BCUT2D eigenvalue weighted by Crippen LogP contribution is 2.29. The van der Waals surface area contributed by atoms with E-state index in [0.717, 1.165) is 38.8 Å². The summed E-state index contributed by atoms with van der Waals surface area (Å²) >= 11 is 0. The molecule has 5 aromatic rings. The van der Waals surface area contributed by atoms with E-state index in [1.54, 1.807) is 4.68 Å². The molecule has 0 unspecified atom stereocenters. The van der Waals surface area contributed by atoms with Crippen molar-refractivity contribution in [2.75, 3.05) is 5.32 Å². The van der Waals surface area contributed by atoms with Crippen molar-refractivity contribution < 1.29 is 9.32 Å². The molecule has 7 nitrogen and oxygen atoms in total. The third-order valence-corrected chi connectivity index (χ3v) is 5.36. The van der Waals surface area contributed by atoms with Gasteiger partial charge >= 0.3 is 0 Å². The quantitative estimate of drug-likeness (QED) is 0.402. The zero-order chi connectivity index (χ0) is 22.9. The van der Waals surface area contributed by atoms with E-state index in [1.807, 2.05) is 81.4 Å². The summed E-state index contributed by atoms with van der Waals surface area (Å²) in [5, 5.41) is 12.6. The minimum absolute atomic E-state index is 0.0619. The molecule has 0 atom stereocenters. The summed E-state index contributed by atoms with van der Waals surface area (Å²) in [5.41, 5.74) is 6.32. The van der Waals surface area contributed by atoms with Crippen LogP contribution in [0.3, 0.4) is 0 Å². The van der Waals surface area contributed by atoms with Gasteiger partial charge in [0.25, 0.3) is 5.89 Å². The second-order valence-corrected chi connectivity index (χ2v) is 8.24. The standard InChI is InChI=1S/C26H23N5O2/c1-16-7-6-8-19(12-16)25-28-26(33-30-25)24-21-9-4-5-10-22(21)31(29-24)15-23(32)27-20-13-17(2)11-18(3)14-20/h4-14H,15H2,1-3H3,(H,27,32). The minimum Gasteiger partial charge on any atom is -0.332 e. The van der Waals surface area contributed by atoms with Crippen LogP contribution in [0.4, 0.5) is 5.69 Å². The van der Waals surface area contributed by atoms with Gasteiger partial charge in [-0.25, -0.2) is 0 Å². The smallest absolute Gasteiger partial charge is 0.279 e. The summed E-state index contributed by atoms with van der Waals surface area (Å²) in [5.74, 6) is 0.654. The lowest BCUT2D eigenvalue weighted by Crippen LogP contribution is -2.19. The van der Waals surface area contributed by atoms with Crippen LogP contribution in [0.2, 0.25) is 0 Å². The van der Waals surface area contributed by atoms with E-state index in [2.05, 4.69) is 26.6 Å². The van der Waals surface area contributed by atoms with Crippen molar-refractivity contribution in [3.8, 4) is 23.0 Å². The monoisotopic (exact) mass is 437 g/mol. The Morgan fingerprint density at radius 2 is 1.73 bits per heavy atom. The molecule has 0 bridgehead atoms. The van der Waals surface area contributed by atoms with E-state index < -0.39 is 0 Å². The molecule has 164 valence electrons. The predicted molar refractivity (Wildman–Crippen MR) is 128 cm³/mol. The first-order chi connectivity index (χ1) is 16.0. The molecule has 0 aliphatic rings. The molecule has 0 saturated carbocycles. The van der Waals surface area contributed by atoms with Crippen LogP contribution in [0.1, 0.15) is 16.7 Å². The van der Waals surface area contributed by atoms with Crippen molar-refractivity contribution in [1.29, 1.82) is 0 Å². The summed E-state index contributed by atoms with van der Waals surface area (Å²) in [4.78, 5) is 17.4. The SMILES string of the molecule is Cc1cc(C)cc(NC(=O)Cn2nc(-c3nc(-c4cccc(C)c4)no3)c3ccccc32)c1. The van der Waals surface area contributed by atoms with E-state index in [0.29, 0.717) is 17.4 Å². The topological polar surface area (TPSA) is 85.8 Å². The minimum atomic E-state index is -0.161. The number of aryl methyl sites for hydroxylation is 3. The van der Waals surface area contributed by atoms with Gasteiger partial charge in [0, 0.05) is 16.6 Å². The number of carbonyl (C=O) groups is 1. The zero-order valence-electron chi connectivity index (χ0n) is 18.7. The van der Waals surface area contributed by atoms with Crippen LogP contribution < -0.4 is 5.32 Å². The van der Waals surface area contributed by atoms with Gasteiger partial charge in [-0.3, -0.25) is 9.48 Å². The maximum atomic E-state index is 12.8. The van der Waals surface area contributed by atoms with Crippen LogP contribution in [-0.4, -0.2) is 25.8 Å². The van der Waals surface area contributed by atoms with E-state index in [9.17, 15) is 4.79 Å². The number of benzene rings is 3. The molecule has 5 rings (SSSR count). The van der Waals surface area contributed by atoms with Gasteiger partial charge < -0.3 is 9.84 Å². The van der Waals surface area contributed by atoms with Crippen molar-refractivity contribution in [1.82, 2.24) is 19.9 Å². The van der Waals surface area contributed by atoms with Gasteiger partial charge in [-0.15, -0.1) is 0 Å². The summed E-state index contributed by atoms with van der Waals surface area (Å²) in [6.07, 6.45) is 0. The van der Waals surface area contributed by atoms with Gasteiger partial charge in [0.05, 0.1) is 5.52 Å². The fourth-order valence-electron chi connectivity index (χ4n) is 4.01. The second kappa shape index (κ2) is 8.35. The summed E-state index contributed by atoms with van der Waals surface area (Å²) in [7, 11) is 0. The average Bonchev–Trinajstić information content (AvgIpc) is 3.38. The summed E-state index contributed by atoms with van der Waals surface area (Å²) < 4.78 is 7.22. The van der Waals surface area contributed by atoms with E-state index >= 15 is 0 Å². The second-order valence-electron chi connectivity index (χ2n) is 8.24. The maximum Gasteiger partial charge on any atom is 0.279 e. The number of rotatable bonds is 5. The van der Waals surface area contributed by atoms with Crippen LogP contribution in [-0.2, 0) is 11.3 Å². The number of hydrogen-bond donors (Lipinski definition) is 1. The molecule has 33 heavy (non-hydrogen) atoms. The van der Waals surface area contributed by atoms with Crippen LogP contribution >= 0.6 is 0 Å². The Balaban J connectivity index is 1.46. The lowest BCUT2D eigenvalue weighted by Gasteiger charge is -2.08. The van der Waals surface area contributed by atoms with Crippen molar-refractivity contribution >= 4 is 22.5 Å². The van der Waals surface area contributed by atoms with Crippen LogP contribution in [0.5, 0.6) is 0 Å². The van der Waals surface area contributed by atoms with E-state index in [-0.39, 0.29) is 12.5 Å². The molecular formula is C26H23N5O2. The Morgan fingerprint density at radius 1 is 0.939 bits per heavy atom. The number of fused-ring (bicyclic) bond motifs is 1. The van der Waals surface area contributed by atoms with Gasteiger partial charge in [-0.05, 0) is 56.2 Å². The molecule has 1 N–H and O–H groups in total.